The molecule has 2 unspecified atom stereocenters. The highest BCUT2D eigenvalue weighted by Gasteiger charge is 2.44. The highest BCUT2D eigenvalue weighted by atomic mass is 16.3. The second-order valence-electron chi connectivity index (χ2n) is 10.9. The Labute approximate surface area is 214 Å². The Morgan fingerprint density at radius 2 is 1.25 bits per heavy atom. The van der Waals surface area contributed by atoms with Crippen LogP contribution in [0.1, 0.15) is 79.3 Å². The van der Waals surface area contributed by atoms with Gasteiger partial charge in [0.2, 0.25) is 0 Å². The first-order valence-corrected chi connectivity index (χ1v) is 13.6. The minimum Gasteiger partial charge on any atom is -0.372 e. The van der Waals surface area contributed by atoms with Crippen LogP contribution in [-0.2, 0) is 10.4 Å². The van der Waals surface area contributed by atoms with Crippen LogP contribution in [0.3, 0.4) is 0 Å². The molecule has 0 radical (unpaired) electrons. The molecule has 4 heteroatoms. The summed E-state index contributed by atoms with van der Waals surface area (Å²) in [7, 11) is 0. The molecule has 0 spiro atoms. The van der Waals surface area contributed by atoms with Crippen LogP contribution in [0.15, 0.2) is 84.9 Å². The van der Waals surface area contributed by atoms with Crippen molar-refractivity contribution in [3.63, 3.8) is 0 Å². The van der Waals surface area contributed by atoms with Crippen LogP contribution < -0.4 is 5.32 Å². The Bertz CT molecular complexity index is 1120. The van der Waals surface area contributed by atoms with E-state index in [0.29, 0.717) is 29.1 Å². The number of fused-ring (bicyclic) bond motifs is 5. The summed E-state index contributed by atoms with van der Waals surface area (Å²) in [6.07, 6.45) is 8.05. The second kappa shape index (κ2) is 9.84. The van der Waals surface area contributed by atoms with Crippen LogP contribution in [0, 0.1) is 5.92 Å². The number of hydrogen-bond donors (Lipinski definition) is 2. The largest absolute Gasteiger partial charge is 0.372 e. The Morgan fingerprint density at radius 1 is 0.750 bits per heavy atom. The van der Waals surface area contributed by atoms with Crippen molar-refractivity contribution < 1.29 is 9.90 Å². The van der Waals surface area contributed by atoms with Gasteiger partial charge in [-0.25, -0.2) is 0 Å². The summed E-state index contributed by atoms with van der Waals surface area (Å²) >= 11 is 0. The average Bonchev–Trinajstić information content (AvgIpc) is 3.49. The lowest BCUT2D eigenvalue weighted by molar-refractivity contribution is -0.137. The van der Waals surface area contributed by atoms with Crippen LogP contribution in [-0.4, -0.2) is 28.5 Å². The summed E-state index contributed by atoms with van der Waals surface area (Å²) < 4.78 is 0. The van der Waals surface area contributed by atoms with Gasteiger partial charge in [-0.05, 0) is 79.7 Å². The molecule has 1 amide bonds. The summed E-state index contributed by atoms with van der Waals surface area (Å²) in [5.41, 5.74) is 2.63. The fourth-order valence-corrected chi connectivity index (χ4v) is 6.97. The van der Waals surface area contributed by atoms with E-state index in [0.717, 1.165) is 25.7 Å². The summed E-state index contributed by atoms with van der Waals surface area (Å²) in [6.45, 7) is 1.17. The van der Waals surface area contributed by atoms with Crippen LogP contribution in [0.5, 0.6) is 0 Å². The number of rotatable bonds is 7. The van der Waals surface area contributed by atoms with Gasteiger partial charge < -0.3 is 10.4 Å². The van der Waals surface area contributed by atoms with E-state index < -0.39 is 5.60 Å². The molecule has 2 bridgehead atoms. The molecule has 1 aliphatic carbocycles. The van der Waals surface area contributed by atoms with Crippen molar-refractivity contribution in [1.29, 1.82) is 0 Å². The van der Waals surface area contributed by atoms with E-state index >= 15 is 0 Å². The van der Waals surface area contributed by atoms with Gasteiger partial charge in [0.1, 0.15) is 0 Å². The molecule has 2 fully saturated rings. The predicted molar refractivity (Wildman–Crippen MR) is 142 cm³/mol. The zero-order chi connectivity index (χ0) is 24.5. The molecule has 3 aromatic carbocycles. The maximum absolute atomic E-state index is 13.5. The number of carbonyl (C=O) groups is 1. The van der Waals surface area contributed by atoms with Gasteiger partial charge in [0.05, 0.1) is 0 Å². The molecule has 2 aliphatic heterocycles. The molecule has 3 aromatic rings. The van der Waals surface area contributed by atoms with Crippen molar-refractivity contribution in [2.24, 2.45) is 5.92 Å². The van der Waals surface area contributed by atoms with Gasteiger partial charge in [-0.15, -0.1) is 0 Å². The van der Waals surface area contributed by atoms with Gasteiger partial charge in [-0.1, -0.05) is 84.9 Å². The number of aliphatic hydroxyl groups is 1. The lowest BCUT2D eigenvalue weighted by Gasteiger charge is -2.34. The summed E-state index contributed by atoms with van der Waals surface area (Å²) in [4.78, 5) is 16.3. The molecule has 2 atom stereocenters. The van der Waals surface area contributed by atoms with Gasteiger partial charge in [0.25, 0.3) is 5.91 Å². The topological polar surface area (TPSA) is 52.6 Å². The minimum atomic E-state index is -1.69. The molecular formula is C32H36N2O2. The number of benzene rings is 3. The molecule has 6 rings (SSSR count). The Hall–Kier alpha value is -2.95. The smallest absolute Gasteiger partial charge is 0.261 e. The predicted octanol–water partition coefficient (Wildman–Crippen LogP) is 5.88. The van der Waals surface area contributed by atoms with E-state index in [1.165, 1.54) is 25.8 Å². The molecule has 0 aromatic heterocycles. The van der Waals surface area contributed by atoms with Crippen molar-refractivity contribution in [1.82, 2.24) is 10.2 Å². The van der Waals surface area contributed by atoms with Crippen molar-refractivity contribution in [3.8, 4) is 0 Å². The molecule has 36 heavy (non-hydrogen) atoms. The van der Waals surface area contributed by atoms with Crippen molar-refractivity contribution in [2.45, 2.75) is 68.7 Å². The molecule has 1 saturated carbocycles. The number of amides is 1. The quantitative estimate of drug-likeness (QED) is 0.444. The molecule has 2 N–H and O–H groups in total. The molecule has 186 valence electrons. The molecule has 1 saturated heterocycles. The second-order valence-corrected chi connectivity index (χ2v) is 10.9. The third-order valence-corrected chi connectivity index (χ3v) is 8.92. The standard InChI is InChI=1S/C32H36N2O2/c35-31(32(36,24-9-3-1-4-10-24)25-11-5-2-6-12-25)33-26-17-15-23(16-18-26)21-22-34-29-19-20-30(34)28-14-8-7-13-27(28)29/h1-14,23,26,29-30,36H,15-22H2,(H,33,35). The highest BCUT2D eigenvalue weighted by Crippen LogP contribution is 2.53. The third kappa shape index (κ3) is 4.16. The Morgan fingerprint density at radius 3 is 1.78 bits per heavy atom. The first kappa shape index (κ1) is 23.4. The van der Waals surface area contributed by atoms with Crippen LogP contribution in [0.25, 0.3) is 0 Å². The summed E-state index contributed by atoms with van der Waals surface area (Å²) in [6, 6.07) is 29.0. The monoisotopic (exact) mass is 480 g/mol. The van der Waals surface area contributed by atoms with Crippen LogP contribution >= 0.6 is 0 Å². The van der Waals surface area contributed by atoms with Crippen molar-refractivity contribution >= 4 is 5.91 Å². The lowest BCUT2D eigenvalue weighted by atomic mass is 9.82. The van der Waals surface area contributed by atoms with E-state index in [2.05, 4.69) is 34.5 Å². The Kier molecular flexibility index (Phi) is 6.41. The SMILES string of the molecule is O=C(NC1CCC(CCN2C3CCC2c2ccccc23)CC1)C(O)(c1ccccc1)c1ccccc1. The van der Waals surface area contributed by atoms with Crippen molar-refractivity contribution in [3.05, 3.63) is 107 Å². The maximum Gasteiger partial charge on any atom is 0.261 e. The lowest BCUT2D eigenvalue weighted by Crippen LogP contribution is -2.49. The molecule has 4 nitrogen and oxygen atoms in total. The normalized spacial score (nSPS) is 25.5. The Balaban J connectivity index is 1.06. The number of hydrogen-bond acceptors (Lipinski definition) is 3. The third-order valence-electron chi connectivity index (χ3n) is 8.92. The van der Waals surface area contributed by atoms with Crippen molar-refractivity contribution in [2.75, 3.05) is 6.54 Å². The van der Waals surface area contributed by atoms with E-state index in [4.69, 9.17) is 0 Å². The van der Waals surface area contributed by atoms with Gasteiger partial charge >= 0.3 is 0 Å². The van der Waals surface area contributed by atoms with Crippen LogP contribution in [0.2, 0.25) is 0 Å². The zero-order valence-electron chi connectivity index (χ0n) is 20.9. The van der Waals surface area contributed by atoms with E-state index in [1.54, 1.807) is 11.1 Å². The van der Waals surface area contributed by atoms with E-state index in [9.17, 15) is 9.90 Å². The van der Waals surface area contributed by atoms with Gasteiger partial charge in [0, 0.05) is 18.1 Å². The fraction of sp³-hybridized carbons (Fsp3) is 0.406. The van der Waals surface area contributed by atoms with E-state index in [-0.39, 0.29) is 11.9 Å². The molecule has 3 aliphatic rings. The summed E-state index contributed by atoms with van der Waals surface area (Å²) in [5.74, 6) is 0.387. The zero-order valence-corrected chi connectivity index (χ0v) is 20.9. The molecular weight excluding hydrogens is 444 g/mol. The van der Waals surface area contributed by atoms with Gasteiger partial charge in [-0.2, -0.15) is 0 Å². The number of carbonyl (C=O) groups excluding carboxylic acids is 1. The first-order chi connectivity index (χ1) is 17.6. The minimum absolute atomic E-state index is 0.111. The van der Waals surface area contributed by atoms with E-state index in [1.807, 2.05) is 60.7 Å². The van der Waals surface area contributed by atoms with Gasteiger partial charge in [-0.3, -0.25) is 9.69 Å². The van der Waals surface area contributed by atoms with Gasteiger partial charge in [0.15, 0.2) is 5.60 Å². The molecule has 2 heterocycles. The summed E-state index contributed by atoms with van der Waals surface area (Å²) in [5, 5.41) is 14.9. The fourth-order valence-electron chi connectivity index (χ4n) is 6.97. The first-order valence-electron chi connectivity index (χ1n) is 13.6. The maximum atomic E-state index is 13.5. The highest BCUT2D eigenvalue weighted by molar-refractivity contribution is 5.90. The van der Waals surface area contributed by atoms with Crippen LogP contribution in [0.4, 0.5) is 0 Å². The number of nitrogens with one attached hydrogen (secondary N) is 1. The number of nitrogens with zero attached hydrogens (tertiary/aromatic N) is 1. The average molecular weight is 481 g/mol.